The smallest absolute Gasteiger partial charge is 0.268 e. The molecule has 1 heterocycles. The Morgan fingerprint density at radius 3 is 2.47 bits per heavy atom. The van der Waals surface area contributed by atoms with Crippen LogP contribution in [0.1, 0.15) is 35.9 Å². The number of ether oxygens (including phenoxy) is 2. The van der Waals surface area contributed by atoms with Crippen LogP contribution in [0.15, 0.2) is 54.1 Å². The molecule has 0 unspecified atom stereocenters. The van der Waals surface area contributed by atoms with E-state index in [9.17, 15) is 10.1 Å². The highest BCUT2D eigenvalue weighted by atomic mass is 32.1. The third-order valence-corrected chi connectivity index (χ3v) is 5.46. The molecule has 3 aromatic rings. The van der Waals surface area contributed by atoms with Crippen LogP contribution >= 0.6 is 11.3 Å². The van der Waals surface area contributed by atoms with Crippen molar-refractivity contribution in [2.75, 3.05) is 18.5 Å². The monoisotopic (exact) mass is 448 g/mol. The molecule has 1 amide bonds. The predicted octanol–water partition coefficient (Wildman–Crippen LogP) is 4.97. The summed E-state index contributed by atoms with van der Waals surface area (Å²) >= 11 is 1.30. The van der Waals surface area contributed by atoms with E-state index < -0.39 is 5.91 Å². The lowest BCUT2D eigenvalue weighted by atomic mass is 10.1. The van der Waals surface area contributed by atoms with Crippen molar-refractivity contribution in [2.45, 2.75) is 26.7 Å². The molecule has 0 fully saturated rings. The third kappa shape index (κ3) is 6.65. The lowest BCUT2D eigenvalue weighted by Gasteiger charge is -2.09. The van der Waals surface area contributed by atoms with Crippen LogP contribution in [-0.2, 0) is 4.79 Å². The maximum atomic E-state index is 12.4. The zero-order valence-electron chi connectivity index (χ0n) is 18.2. The van der Waals surface area contributed by atoms with Crippen LogP contribution in [0, 0.1) is 18.3 Å². The van der Waals surface area contributed by atoms with Gasteiger partial charge < -0.3 is 9.47 Å². The first kappa shape index (κ1) is 23.0. The molecular weight excluding hydrogens is 424 g/mol. The molecule has 7 nitrogen and oxygen atoms in total. The Kier molecular flexibility index (Phi) is 7.95. The fourth-order valence-corrected chi connectivity index (χ4v) is 3.42. The Bertz CT molecular complexity index is 1130. The summed E-state index contributed by atoms with van der Waals surface area (Å²) in [5, 5.41) is 21.2. The zero-order valence-corrected chi connectivity index (χ0v) is 19.0. The van der Waals surface area contributed by atoms with E-state index in [1.807, 2.05) is 51.1 Å². The first-order valence-corrected chi connectivity index (χ1v) is 10.9. The number of rotatable bonds is 9. The Hall–Kier alpha value is -3.70. The highest BCUT2D eigenvalue weighted by Crippen LogP contribution is 2.23. The standard InChI is InChI=1S/C24H24N4O3S/c1-16(2)23-27-28-24(32-23)26-22(29)19(15-25)14-18-7-9-20(10-8-18)30-11-12-31-21-6-4-5-17(3)13-21/h4-10,13-14,16H,11-12H2,1-3H3,(H,26,28,29)/b19-14-. The predicted molar refractivity (Wildman–Crippen MR) is 125 cm³/mol. The SMILES string of the molecule is Cc1cccc(OCCOc2ccc(/C=C(/C#N)C(=O)Nc3nnc(C(C)C)s3)cc2)c1. The average Bonchev–Trinajstić information content (AvgIpc) is 3.25. The molecule has 0 saturated heterocycles. The van der Waals surface area contributed by atoms with Crippen LogP contribution in [0.25, 0.3) is 6.08 Å². The maximum Gasteiger partial charge on any atom is 0.268 e. The zero-order chi connectivity index (χ0) is 22.9. The molecule has 1 N–H and O–H groups in total. The van der Waals surface area contributed by atoms with Gasteiger partial charge in [0.25, 0.3) is 5.91 Å². The summed E-state index contributed by atoms with van der Waals surface area (Å²) in [4.78, 5) is 12.4. The van der Waals surface area contributed by atoms with Gasteiger partial charge >= 0.3 is 0 Å². The van der Waals surface area contributed by atoms with Crippen molar-refractivity contribution in [3.63, 3.8) is 0 Å². The van der Waals surface area contributed by atoms with Crippen LogP contribution in [0.2, 0.25) is 0 Å². The van der Waals surface area contributed by atoms with Gasteiger partial charge in [0.05, 0.1) is 0 Å². The van der Waals surface area contributed by atoms with Gasteiger partial charge in [-0.25, -0.2) is 0 Å². The second-order valence-corrected chi connectivity index (χ2v) is 8.32. The molecule has 0 saturated carbocycles. The van der Waals surface area contributed by atoms with Crippen LogP contribution in [0.4, 0.5) is 5.13 Å². The van der Waals surface area contributed by atoms with Crippen molar-refractivity contribution in [3.05, 3.63) is 70.2 Å². The number of carbonyl (C=O) groups excluding carboxylic acids is 1. The van der Waals surface area contributed by atoms with Gasteiger partial charge in [-0.3, -0.25) is 10.1 Å². The van der Waals surface area contributed by atoms with Crippen LogP contribution in [-0.4, -0.2) is 29.3 Å². The molecule has 0 aliphatic carbocycles. The van der Waals surface area contributed by atoms with E-state index in [4.69, 9.17) is 9.47 Å². The minimum Gasteiger partial charge on any atom is -0.490 e. The van der Waals surface area contributed by atoms with E-state index in [1.165, 1.54) is 17.4 Å². The molecular formula is C24H24N4O3S. The van der Waals surface area contributed by atoms with Gasteiger partial charge in [-0.05, 0) is 48.4 Å². The second kappa shape index (κ2) is 11.1. The first-order chi connectivity index (χ1) is 15.4. The van der Waals surface area contributed by atoms with Crippen LogP contribution in [0.3, 0.4) is 0 Å². The number of benzene rings is 2. The lowest BCUT2D eigenvalue weighted by Crippen LogP contribution is -2.13. The fourth-order valence-electron chi connectivity index (χ4n) is 2.68. The highest BCUT2D eigenvalue weighted by molar-refractivity contribution is 7.15. The molecule has 0 aliphatic rings. The minimum absolute atomic E-state index is 0.0217. The summed E-state index contributed by atoms with van der Waals surface area (Å²) in [7, 11) is 0. The van der Waals surface area contributed by atoms with Crippen LogP contribution < -0.4 is 14.8 Å². The Labute approximate surface area is 191 Å². The van der Waals surface area contributed by atoms with Crippen molar-refractivity contribution in [1.29, 1.82) is 5.26 Å². The van der Waals surface area contributed by atoms with E-state index in [-0.39, 0.29) is 11.5 Å². The van der Waals surface area contributed by atoms with Crippen molar-refractivity contribution < 1.29 is 14.3 Å². The molecule has 2 aromatic carbocycles. The normalized spacial score (nSPS) is 11.2. The largest absolute Gasteiger partial charge is 0.490 e. The summed E-state index contributed by atoms with van der Waals surface area (Å²) in [6.45, 7) is 6.83. The third-order valence-electron chi connectivity index (χ3n) is 4.32. The summed E-state index contributed by atoms with van der Waals surface area (Å²) in [6, 6.07) is 16.9. The van der Waals surface area contributed by atoms with Gasteiger partial charge in [0.15, 0.2) is 0 Å². The van der Waals surface area contributed by atoms with E-state index in [0.717, 1.165) is 16.3 Å². The van der Waals surface area contributed by atoms with Gasteiger partial charge in [-0.15, -0.1) is 10.2 Å². The number of aryl methyl sites for hydroxylation is 1. The number of hydrogen-bond donors (Lipinski definition) is 1. The number of anilines is 1. The van der Waals surface area contributed by atoms with Gasteiger partial charge in [-0.1, -0.05) is 49.4 Å². The number of nitriles is 1. The van der Waals surface area contributed by atoms with Gasteiger partial charge in [0, 0.05) is 5.92 Å². The Morgan fingerprint density at radius 1 is 1.12 bits per heavy atom. The minimum atomic E-state index is -0.521. The number of aromatic nitrogens is 2. The average molecular weight is 449 g/mol. The molecule has 0 bridgehead atoms. The summed E-state index contributed by atoms with van der Waals surface area (Å²) in [6.07, 6.45) is 1.52. The molecule has 8 heteroatoms. The van der Waals surface area contributed by atoms with E-state index >= 15 is 0 Å². The number of hydrogen-bond acceptors (Lipinski definition) is 7. The van der Waals surface area contributed by atoms with Crippen LogP contribution in [0.5, 0.6) is 11.5 Å². The summed E-state index contributed by atoms with van der Waals surface area (Å²) in [5.74, 6) is 1.19. The summed E-state index contributed by atoms with van der Waals surface area (Å²) in [5.41, 5.74) is 1.83. The molecule has 0 aliphatic heterocycles. The number of amides is 1. The van der Waals surface area contributed by atoms with Gasteiger partial charge in [0.1, 0.15) is 41.4 Å². The molecule has 3 rings (SSSR count). The van der Waals surface area contributed by atoms with E-state index in [1.54, 1.807) is 24.3 Å². The number of nitrogens with zero attached hydrogens (tertiary/aromatic N) is 3. The van der Waals surface area contributed by atoms with Crippen molar-refractivity contribution >= 4 is 28.5 Å². The van der Waals surface area contributed by atoms with Crippen molar-refractivity contribution in [3.8, 4) is 17.6 Å². The van der Waals surface area contributed by atoms with Gasteiger partial charge in [0.2, 0.25) is 5.13 Å². The molecule has 0 atom stereocenters. The quantitative estimate of drug-likeness (QED) is 0.282. The van der Waals surface area contributed by atoms with Crippen molar-refractivity contribution in [2.24, 2.45) is 0 Å². The topological polar surface area (TPSA) is 97.1 Å². The second-order valence-electron chi connectivity index (χ2n) is 7.31. The Balaban J connectivity index is 1.52. The summed E-state index contributed by atoms with van der Waals surface area (Å²) < 4.78 is 11.4. The molecule has 0 spiro atoms. The van der Waals surface area contributed by atoms with E-state index in [2.05, 4.69) is 15.5 Å². The maximum absolute atomic E-state index is 12.4. The van der Waals surface area contributed by atoms with Gasteiger partial charge in [-0.2, -0.15) is 5.26 Å². The molecule has 164 valence electrons. The van der Waals surface area contributed by atoms with E-state index in [0.29, 0.717) is 29.7 Å². The number of nitrogens with one attached hydrogen (secondary N) is 1. The Morgan fingerprint density at radius 2 is 1.84 bits per heavy atom. The first-order valence-electron chi connectivity index (χ1n) is 10.1. The highest BCUT2D eigenvalue weighted by Gasteiger charge is 2.14. The molecule has 1 aromatic heterocycles. The molecule has 0 radical (unpaired) electrons. The molecule has 32 heavy (non-hydrogen) atoms. The fraction of sp³-hybridized carbons (Fsp3) is 0.250. The van der Waals surface area contributed by atoms with Crippen molar-refractivity contribution in [1.82, 2.24) is 10.2 Å². The number of carbonyl (C=O) groups is 1. The lowest BCUT2D eigenvalue weighted by molar-refractivity contribution is -0.112.